The maximum absolute atomic E-state index is 14.8. The molecule has 1 aliphatic carbocycles. The monoisotopic (exact) mass is 605 g/mol. The molecule has 4 aliphatic heterocycles. The van der Waals surface area contributed by atoms with E-state index >= 15 is 0 Å². The number of fused-ring (bicyclic) bond motifs is 2. The van der Waals surface area contributed by atoms with Crippen molar-refractivity contribution in [2.24, 2.45) is 11.8 Å². The minimum absolute atomic E-state index is 0.00265. The zero-order valence-electron chi connectivity index (χ0n) is 25.3. The predicted octanol–water partition coefficient (Wildman–Crippen LogP) is 2.82. The predicted molar refractivity (Wildman–Crippen MR) is 161 cm³/mol. The lowest BCUT2D eigenvalue weighted by molar-refractivity contribution is -0.160. The Morgan fingerprint density at radius 3 is 2.55 bits per heavy atom. The molecule has 5 aliphatic rings. The van der Waals surface area contributed by atoms with E-state index in [1.165, 1.54) is 4.90 Å². The molecule has 0 radical (unpaired) electrons. The van der Waals surface area contributed by atoms with E-state index in [1.807, 2.05) is 54.3 Å². The second-order valence-electron chi connectivity index (χ2n) is 12.6. The highest BCUT2D eigenvalue weighted by Gasteiger charge is 2.74. The number of aliphatic hydroxyl groups excluding tert-OH is 1. The molecule has 10 heteroatoms. The number of allylic oxidation sites excluding steroid dienone is 1. The Hall–Kier alpha value is -3.50. The lowest BCUT2D eigenvalue weighted by Crippen LogP contribution is -2.60. The normalized spacial score (nSPS) is 34.5. The maximum Gasteiger partial charge on any atom is 0.313 e. The van der Waals surface area contributed by atoms with Gasteiger partial charge in [-0.05, 0) is 31.2 Å². The van der Waals surface area contributed by atoms with Crippen LogP contribution in [0.2, 0.25) is 0 Å². The third kappa shape index (κ3) is 5.36. The molecule has 3 amide bonds. The minimum atomic E-state index is -1.34. The Kier molecular flexibility index (Phi) is 8.91. The third-order valence-corrected chi connectivity index (χ3v) is 10.1. The van der Waals surface area contributed by atoms with Crippen LogP contribution in [0.4, 0.5) is 0 Å². The summed E-state index contributed by atoms with van der Waals surface area (Å²) in [6, 6.07) is 7.57. The van der Waals surface area contributed by atoms with E-state index in [0.717, 1.165) is 37.7 Å². The van der Waals surface area contributed by atoms with E-state index in [-0.39, 0.29) is 43.3 Å². The standard InChI is InChI=1S/C34H43N3O7/c1-2-23(21-38)37-30-32(41)36(24-14-8-4-9-15-24)19-11-5-10-16-27(39)35-20-26(22-12-6-3-7-13-22)43-33(42)28-25-17-18-34(30,44-25)29(28)31(37)40/h3,5-7,11-13,17-18,23-26,28-30,38H,2,4,8-10,14-16,19-21H2,1H3,(H,35,39)/b11-5-/t23-,25-,26-,28+,29+,30-,34+/m0/s1. The number of hydrogen-bond acceptors (Lipinski definition) is 7. The van der Waals surface area contributed by atoms with E-state index in [1.54, 1.807) is 12.2 Å². The van der Waals surface area contributed by atoms with Crippen LogP contribution in [0.15, 0.2) is 54.6 Å². The van der Waals surface area contributed by atoms with Crippen LogP contribution in [-0.2, 0) is 28.7 Å². The minimum Gasteiger partial charge on any atom is -0.455 e. The number of hydrogen-bond donors (Lipinski definition) is 2. The molecule has 7 atom stereocenters. The number of rotatable bonds is 5. The smallest absolute Gasteiger partial charge is 0.313 e. The average molecular weight is 606 g/mol. The number of benzene rings is 1. The Morgan fingerprint density at radius 1 is 1.05 bits per heavy atom. The van der Waals surface area contributed by atoms with E-state index in [2.05, 4.69) is 5.32 Å². The van der Waals surface area contributed by atoms with Crippen molar-refractivity contribution < 1.29 is 33.8 Å². The first-order valence-electron chi connectivity index (χ1n) is 16.2. The molecule has 2 saturated heterocycles. The van der Waals surface area contributed by atoms with Crippen LogP contribution >= 0.6 is 0 Å². The van der Waals surface area contributed by atoms with Gasteiger partial charge in [0.1, 0.15) is 23.7 Å². The molecular weight excluding hydrogens is 562 g/mol. The number of carbonyl (C=O) groups excluding carboxylic acids is 4. The first-order valence-corrected chi connectivity index (χ1v) is 16.2. The van der Waals surface area contributed by atoms with Crippen LogP contribution in [0.1, 0.15) is 70.0 Å². The van der Waals surface area contributed by atoms with Crippen molar-refractivity contribution in [2.75, 3.05) is 19.7 Å². The molecule has 0 unspecified atom stereocenters. The van der Waals surface area contributed by atoms with E-state index in [0.29, 0.717) is 19.4 Å². The summed E-state index contributed by atoms with van der Waals surface area (Å²) in [5.41, 5.74) is -0.623. The number of aliphatic hydroxyl groups is 1. The quantitative estimate of drug-likeness (QED) is 0.391. The molecule has 3 fully saturated rings. The number of nitrogens with zero attached hydrogens (tertiary/aromatic N) is 2. The van der Waals surface area contributed by atoms with Gasteiger partial charge in [0.25, 0.3) is 0 Å². The molecule has 4 heterocycles. The summed E-state index contributed by atoms with van der Waals surface area (Å²) in [7, 11) is 0. The van der Waals surface area contributed by atoms with Crippen LogP contribution in [0.25, 0.3) is 0 Å². The van der Waals surface area contributed by atoms with E-state index in [4.69, 9.17) is 9.47 Å². The molecule has 6 rings (SSSR count). The lowest BCUT2D eigenvalue weighted by Gasteiger charge is -2.41. The largest absolute Gasteiger partial charge is 0.455 e. The summed E-state index contributed by atoms with van der Waals surface area (Å²) in [6.07, 6.45) is 12.0. The highest BCUT2D eigenvalue weighted by atomic mass is 16.6. The van der Waals surface area contributed by atoms with Gasteiger partial charge in [-0.25, -0.2) is 0 Å². The average Bonchev–Trinajstić information content (AvgIpc) is 3.69. The van der Waals surface area contributed by atoms with Crippen LogP contribution < -0.4 is 5.32 Å². The van der Waals surface area contributed by atoms with Crippen LogP contribution in [0.3, 0.4) is 0 Å². The Morgan fingerprint density at radius 2 is 1.82 bits per heavy atom. The van der Waals surface area contributed by atoms with Gasteiger partial charge < -0.3 is 29.7 Å². The highest BCUT2D eigenvalue weighted by Crippen LogP contribution is 2.56. The molecule has 0 aromatic heterocycles. The fraction of sp³-hybridized carbons (Fsp3) is 0.588. The molecule has 2 N–H and O–H groups in total. The lowest BCUT2D eigenvalue weighted by atomic mass is 9.74. The SMILES string of the molecule is CC[C@@H](CO)N1C(=O)[C@H]2[C@@H]3C(=O)O[C@H](c4ccccc4)CNC(=O)CC/C=C\CN(C4CCCCC4)C(=O)[C@H]1[C@@]21C=C[C@@H]3O1. The van der Waals surface area contributed by atoms with Crippen molar-refractivity contribution in [2.45, 2.75) is 94.2 Å². The summed E-state index contributed by atoms with van der Waals surface area (Å²) < 4.78 is 12.6. The number of esters is 1. The fourth-order valence-corrected chi connectivity index (χ4v) is 7.86. The molecular formula is C34H43N3O7. The fourth-order valence-electron chi connectivity index (χ4n) is 7.86. The zero-order valence-corrected chi connectivity index (χ0v) is 25.3. The number of ether oxygens (including phenoxy) is 2. The van der Waals surface area contributed by atoms with Gasteiger partial charge in [-0.2, -0.15) is 0 Å². The highest BCUT2D eigenvalue weighted by molar-refractivity contribution is 5.99. The second kappa shape index (κ2) is 12.9. The van der Waals surface area contributed by atoms with E-state index in [9.17, 15) is 24.3 Å². The molecule has 1 aromatic rings. The van der Waals surface area contributed by atoms with Crippen molar-refractivity contribution in [3.63, 3.8) is 0 Å². The van der Waals surface area contributed by atoms with Crippen molar-refractivity contribution in [3.05, 3.63) is 60.2 Å². The van der Waals surface area contributed by atoms with Crippen molar-refractivity contribution in [1.29, 1.82) is 0 Å². The summed E-state index contributed by atoms with van der Waals surface area (Å²) in [6.45, 7) is 1.99. The van der Waals surface area contributed by atoms with Gasteiger partial charge in [0.15, 0.2) is 0 Å². The van der Waals surface area contributed by atoms with Gasteiger partial charge in [-0.1, -0.05) is 80.8 Å². The summed E-state index contributed by atoms with van der Waals surface area (Å²) >= 11 is 0. The van der Waals surface area contributed by atoms with Gasteiger partial charge in [0.05, 0.1) is 31.2 Å². The molecule has 5 bridgehead atoms. The van der Waals surface area contributed by atoms with Crippen LogP contribution in [0.5, 0.6) is 0 Å². The Balaban J connectivity index is 1.42. The summed E-state index contributed by atoms with van der Waals surface area (Å²) in [5, 5.41) is 13.3. The number of nitrogens with one attached hydrogen (secondary N) is 1. The summed E-state index contributed by atoms with van der Waals surface area (Å²) in [4.78, 5) is 59.4. The number of amides is 3. The zero-order chi connectivity index (χ0) is 30.8. The molecule has 236 valence electrons. The van der Waals surface area contributed by atoms with Crippen LogP contribution in [-0.4, -0.2) is 88.1 Å². The first-order chi connectivity index (χ1) is 21.4. The maximum atomic E-state index is 14.8. The topological polar surface area (TPSA) is 125 Å². The van der Waals surface area contributed by atoms with Crippen LogP contribution in [0, 0.1) is 11.8 Å². The molecule has 10 nitrogen and oxygen atoms in total. The number of likely N-dealkylation sites (tertiary alicyclic amines) is 1. The second-order valence-corrected chi connectivity index (χ2v) is 12.6. The molecule has 1 spiro atoms. The van der Waals surface area contributed by atoms with Gasteiger partial charge in [-0.3, -0.25) is 19.2 Å². The summed E-state index contributed by atoms with van der Waals surface area (Å²) in [5.74, 6) is -3.31. The molecule has 1 aromatic carbocycles. The third-order valence-electron chi connectivity index (χ3n) is 10.1. The molecule has 1 saturated carbocycles. The number of cyclic esters (lactones) is 1. The van der Waals surface area contributed by atoms with Gasteiger partial charge in [-0.15, -0.1) is 0 Å². The Labute approximate surface area is 258 Å². The number of carbonyl (C=O) groups is 4. The van der Waals surface area contributed by atoms with Crippen molar-refractivity contribution in [3.8, 4) is 0 Å². The van der Waals surface area contributed by atoms with Gasteiger partial charge in [0, 0.05) is 19.0 Å². The Bertz CT molecular complexity index is 1300. The van der Waals surface area contributed by atoms with Gasteiger partial charge in [0.2, 0.25) is 17.7 Å². The van der Waals surface area contributed by atoms with Crippen molar-refractivity contribution >= 4 is 23.7 Å². The van der Waals surface area contributed by atoms with E-state index < -0.39 is 47.7 Å². The molecule has 44 heavy (non-hydrogen) atoms. The van der Waals surface area contributed by atoms with Crippen molar-refractivity contribution in [1.82, 2.24) is 15.1 Å². The first kappa shape index (κ1) is 30.5. The van der Waals surface area contributed by atoms with Gasteiger partial charge >= 0.3 is 5.97 Å².